The van der Waals surface area contributed by atoms with Crippen LogP contribution in [0.4, 0.5) is 0 Å². The number of rotatable bonds is 7. The van der Waals surface area contributed by atoms with E-state index in [-0.39, 0.29) is 43.7 Å². The summed E-state index contributed by atoms with van der Waals surface area (Å²) in [7, 11) is 0. The maximum atomic E-state index is 13.1. The SMILES string of the molecule is O=C1c2ccc(-c3cc(CN4CCCC4)c4c(ccn4CCCO)n3)cc2CN1N1C(=O)CCCC1=O. The normalized spacial score (nSPS) is 18.5. The Bertz CT molecular complexity index is 1370. The van der Waals surface area contributed by atoms with Gasteiger partial charge in [0.1, 0.15) is 0 Å². The Morgan fingerprint density at radius 3 is 2.49 bits per heavy atom. The first-order chi connectivity index (χ1) is 18.0. The zero-order valence-corrected chi connectivity index (χ0v) is 20.9. The fourth-order valence-corrected chi connectivity index (χ4v) is 5.81. The summed E-state index contributed by atoms with van der Waals surface area (Å²) in [4.78, 5) is 45.4. The molecule has 37 heavy (non-hydrogen) atoms. The molecule has 192 valence electrons. The van der Waals surface area contributed by atoms with Crippen LogP contribution < -0.4 is 0 Å². The molecule has 0 aliphatic carbocycles. The lowest BCUT2D eigenvalue weighted by molar-refractivity contribution is -0.163. The number of aryl methyl sites for hydroxylation is 1. The van der Waals surface area contributed by atoms with E-state index in [1.54, 1.807) is 6.07 Å². The second-order valence-corrected chi connectivity index (χ2v) is 10.2. The summed E-state index contributed by atoms with van der Waals surface area (Å²) in [6.07, 6.45) is 6.23. The minimum absolute atomic E-state index is 0.145. The van der Waals surface area contributed by atoms with Crippen molar-refractivity contribution >= 4 is 28.8 Å². The molecule has 1 N–H and O–H groups in total. The van der Waals surface area contributed by atoms with Gasteiger partial charge in [-0.3, -0.25) is 19.3 Å². The molecule has 3 aliphatic heterocycles. The Morgan fingerprint density at radius 2 is 1.73 bits per heavy atom. The summed E-state index contributed by atoms with van der Waals surface area (Å²) in [5.74, 6) is -0.951. The maximum absolute atomic E-state index is 13.1. The Kier molecular flexibility index (Phi) is 6.26. The standard InChI is InChI=1S/C28H31N5O4/c34-14-4-12-31-13-9-23-27(31)21(17-30-10-1-2-11-30)16-24(29-23)19-7-8-22-20(15-19)18-32(28(22)37)33-25(35)5-3-6-26(33)36/h7-9,13,15-16,34H,1-6,10-12,14,17-18H2. The minimum Gasteiger partial charge on any atom is -0.396 e. The molecule has 0 atom stereocenters. The summed E-state index contributed by atoms with van der Waals surface area (Å²) >= 11 is 0. The number of benzene rings is 1. The van der Waals surface area contributed by atoms with Crippen LogP contribution in [0.1, 0.15) is 60.0 Å². The fraction of sp³-hybridized carbons (Fsp3) is 0.429. The Balaban J connectivity index is 1.35. The van der Waals surface area contributed by atoms with Crippen molar-refractivity contribution in [3.05, 3.63) is 53.2 Å². The van der Waals surface area contributed by atoms with Gasteiger partial charge in [0.25, 0.3) is 5.91 Å². The molecule has 9 nitrogen and oxygen atoms in total. The highest BCUT2D eigenvalue weighted by atomic mass is 16.3. The largest absolute Gasteiger partial charge is 0.396 e. The number of carbonyl (C=O) groups is 3. The number of aliphatic hydroxyl groups is 1. The second-order valence-electron chi connectivity index (χ2n) is 10.2. The van der Waals surface area contributed by atoms with Gasteiger partial charge in [-0.15, -0.1) is 0 Å². The highest BCUT2D eigenvalue weighted by Crippen LogP contribution is 2.33. The Morgan fingerprint density at radius 1 is 0.946 bits per heavy atom. The summed E-state index contributed by atoms with van der Waals surface area (Å²) in [6, 6.07) is 9.81. The van der Waals surface area contributed by atoms with Crippen molar-refractivity contribution in [2.45, 2.75) is 58.2 Å². The van der Waals surface area contributed by atoms with E-state index in [2.05, 4.69) is 15.5 Å². The molecule has 2 aromatic heterocycles. The van der Waals surface area contributed by atoms with Crippen LogP contribution in [0, 0.1) is 0 Å². The topological polar surface area (TPSA) is 99.0 Å². The van der Waals surface area contributed by atoms with Crippen molar-refractivity contribution < 1.29 is 19.5 Å². The number of piperidine rings is 1. The number of hydrogen-bond acceptors (Lipinski definition) is 6. The van der Waals surface area contributed by atoms with Gasteiger partial charge >= 0.3 is 0 Å². The molecule has 0 bridgehead atoms. The number of hydrogen-bond donors (Lipinski definition) is 1. The number of aliphatic hydroxyl groups excluding tert-OH is 1. The molecule has 3 aliphatic rings. The molecule has 5 heterocycles. The third-order valence-electron chi connectivity index (χ3n) is 7.63. The van der Waals surface area contributed by atoms with E-state index in [0.29, 0.717) is 18.4 Å². The van der Waals surface area contributed by atoms with Crippen molar-refractivity contribution in [2.75, 3.05) is 19.7 Å². The molecule has 3 amide bonds. The van der Waals surface area contributed by atoms with Crippen LogP contribution >= 0.6 is 0 Å². The van der Waals surface area contributed by atoms with Crippen LogP contribution in [0.2, 0.25) is 0 Å². The highest BCUT2D eigenvalue weighted by molar-refractivity contribution is 6.04. The summed E-state index contributed by atoms with van der Waals surface area (Å²) < 4.78 is 2.18. The molecule has 0 radical (unpaired) electrons. The third-order valence-corrected chi connectivity index (χ3v) is 7.63. The fourth-order valence-electron chi connectivity index (χ4n) is 5.81. The number of imide groups is 1. The molecule has 0 spiro atoms. The lowest BCUT2D eigenvalue weighted by Crippen LogP contribution is -2.51. The molecule has 2 fully saturated rings. The number of amides is 3. The predicted molar refractivity (Wildman–Crippen MR) is 137 cm³/mol. The van der Waals surface area contributed by atoms with Crippen LogP contribution in [0.5, 0.6) is 0 Å². The molecule has 6 rings (SSSR count). The number of fused-ring (bicyclic) bond motifs is 2. The summed E-state index contributed by atoms with van der Waals surface area (Å²) in [5.41, 5.74) is 6.26. The smallest absolute Gasteiger partial charge is 0.273 e. The molecule has 1 aromatic carbocycles. The van der Waals surface area contributed by atoms with E-state index in [0.717, 1.165) is 59.0 Å². The monoisotopic (exact) mass is 501 g/mol. The minimum atomic E-state index is -0.318. The number of nitrogens with zero attached hydrogens (tertiary/aromatic N) is 5. The molecule has 9 heteroatoms. The van der Waals surface area contributed by atoms with Crippen LogP contribution in [0.3, 0.4) is 0 Å². The summed E-state index contributed by atoms with van der Waals surface area (Å²) in [6.45, 7) is 4.08. The number of pyridine rings is 1. The van der Waals surface area contributed by atoms with E-state index in [9.17, 15) is 19.5 Å². The summed E-state index contributed by atoms with van der Waals surface area (Å²) in [5, 5.41) is 11.7. The van der Waals surface area contributed by atoms with Gasteiger partial charge in [0.2, 0.25) is 11.8 Å². The van der Waals surface area contributed by atoms with Crippen molar-refractivity contribution in [3.63, 3.8) is 0 Å². The van der Waals surface area contributed by atoms with Crippen LogP contribution in [0.15, 0.2) is 36.5 Å². The van der Waals surface area contributed by atoms with Gasteiger partial charge in [-0.2, -0.15) is 5.01 Å². The van der Waals surface area contributed by atoms with E-state index in [1.807, 2.05) is 24.4 Å². The van der Waals surface area contributed by atoms with Gasteiger partial charge < -0.3 is 9.67 Å². The molecule has 3 aromatic rings. The first kappa shape index (κ1) is 23.8. The first-order valence-electron chi connectivity index (χ1n) is 13.2. The third kappa shape index (κ3) is 4.32. The van der Waals surface area contributed by atoms with Gasteiger partial charge in [-0.25, -0.2) is 9.99 Å². The van der Waals surface area contributed by atoms with E-state index in [4.69, 9.17) is 4.98 Å². The average Bonchev–Trinajstić information content (AvgIpc) is 3.62. The van der Waals surface area contributed by atoms with Crippen LogP contribution in [0.25, 0.3) is 22.3 Å². The van der Waals surface area contributed by atoms with Gasteiger partial charge in [0.05, 0.1) is 23.3 Å². The van der Waals surface area contributed by atoms with E-state index >= 15 is 0 Å². The van der Waals surface area contributed by atoms with Gasteiger partial charge in [-0.05, 0) is 74.2 Å². The predicted octanol–water partition coefficient (Wildman–Crippen LogP) is 3.09. The lowest BCUT2D eigenvalue weighted by atomic mass is 10.0. The average molecular weight is 502 g/mol. The van der Waals surface area contributed by atoms with Crippen molar-refractivity contribution in [3.8, 4) is 11.3 Å². The second kappa shape index (κ2) is 9.72. The maximum Gasteiger partial charge on any atom is 0.273 e. The van der Waals surface area contributed by atoms with Crippen molar-refractivity contribution in [1.82, 2.24) is 24.5 Å². The molecule has 0 unspecified atom stereocenters. The Hall–Kier alpha value is -3.56. The number of hydrazine groups is 1. The van der Waals surface area contributed by atoms with Gasteiger partial charge in [0, 0.05) is 49.9 Å². The zero-order chi connectivity index (χ0) is 25.5. The van der Waals surface area contributed by atoms with E-state index < -0.39 is 0 Å². The number of carbonyl (C=O) groups excluding carboxylic acids is 3. The first-order valence-corrected chi connectivity index (χ1v) is 13.2. The number of likely N-dealkylation sites (tertiary alicyclic amines) is 1. The number of aromatic nitrogens is 2. The van der Waals surface area contributed by atoms with Crippen molar-refractivity contribution in [1.29, 1.82) is 0 Å². The molecular weight excluding hydrogens is 470 g/mol. The van der Waals surface area contributed by atoms with Gasteiger partial charge in [0.15, 0.2) is 0 Å². The van der Waals surface area contributed by atoms with Crippen LogP contribution in [-0.2, 0) is 29.2 Å². The van der Waals surface area contributed by atoms with Crippen molar-refractivity contribution in [2.24, 2.45) is 0 Å². The zero-order valence-electron chi connectivity index (χ0n) is 20.9. The van der Waals surface area contributed by atoms with Gasteiger partial charge in [-0.1, -0.05) is 6.07 Å². The molecular formula is C28H31N5O4. The quantitative estimate of drug-likeness (QED) is 0.500. The van der Waals surface area contributed by atoms with Crippen LogP contribution in [-0.4, -0.2) is 67.0 Å². The Labute approximate surface area is 215 Å². The highest BCUT2D eigenvalue weighted by Gasteiger charge is 2.39. The molecule has 0 saturated carbocycles. The van der Waals surface area contributed by atoms with E-state index in [1.165, 1.54) is 23.4 Å². The molecule has 2 saturated heterocycles. The lowest BCUT2D eigenvalue weighted by Gasteiger charge is -2.32.